The third-order valence-corrected chi connectivity index (χ3v) is 19.7. The number of carbonyl (C=O) groups excluding carboxylic acids is 5. The lowest BCUT2D eigenvalue weighted by molar-refractivity contribution is -0.113. The summed E-state index contributed by atoms with van der Waals surface area (Å²) in [6.45, 7) is 0. The number of allylic oxidation sites excluding steroid dienone is 2. The van der Waals surface area contributed by atoms with Crippen LogP contribution in [0.5, 0.6) is 0 Å². The van der Waals surface area contributed by atoms with Gasteiger partial charge in [0, 0.05) is 29.6 Å². The zero-order valence-corrected chi connectivity index (χ0v) is 40.5. The second kappa shape index (κ2) is 21.9. The van der Waals surface area contributed by atoms with Crippen molar-refractivity contribution in [2.75, 3.05) is 0 Å². The second-order valence-electron chi connectivity index (χ2n) is 23.3. The van der Waals surface area contributed by atoms with E-state index < -0.39 is 0 Å². The average Bonchev–Trinajstić information content (AvgIpc) is 4.28. The lowest BCUT2D eigenvalue weighted by Crippen LogP contribution is -2.19. The van der Waals surface area contributed by atoms with Crippen molar-refractivity contribution < 1.29 is 24.0 Å². The van der Waals surface area contributed by atoms with E-state index in [0.717, 1.165) is 79.8 Å². The van der Waals surface area contributed by atoms with E-state index in [0.29, 0.717) is 71.0 Å². The number of hydrogen-bond acceptors (Lipinski definition) is 5. The molecule has 69 heavy (non-hydrogen) atoms. The van der Waals surface area contributed by atoms with Crippen LogP contribution in [-0.2, 0) is 24.0 Å². The fourth-order valence-electron chi connectivity index (χ4n) is 16.5. The van der Waals surface area contributed by atoms with E-state index in [9.17, 15) is 24.0 Å². The Morgan fingerprint density at radius 1 is 0.290 bits per heavy atom. The largest absolute Gasteiger partial charge is 0.303 e. The summed E-state index contributed by atoms with van der Waals surface area (Å²) < 4.78 is 0. The number of aldehydes is 5. The highest BCUT2D eigenvalue weighted by Crippen LogP contribution is 2.58. The van der Waals surface area contributed by atoms with Gasteiger partial charge in [0.2, 0.25) is 0 Å². The molecule has 9 saturated carbocycles. The van der Waals surface area contributed by atoms with Crippen LogP contribution in [0.2, 0.25) is 0 Å². The fourth-order valence-corrected chi connectivity index (χ4v) is 16.5. The van der Waals surface area contributed by atoms with Crippen LogP contribution in [0.15, 0.2) is 133 Å². The molecule has 0 spiro atoms. The quantitative estimate of drug-likeness (QED) is 0.123. The molecular formula is C64H74O5. The summed E-state index contributed by atoms with van der Waals surface area (Å²) in [4.78, 5) is 54.0. The van der Waals surface area contributed by atoms with Crippen molar-refractivity contribution in [2.24, 2.45) is 88.8 Å². The summed E-state index contributed by atoms with van der Waals surface area (Å²) in [6, 6.07) is 43.0. The normalized spacial score (nSPS) is 39.2. The topological polar surface area (TPSA) is 85.3 Å². The predicted octanol–water partition coefficient (Wildman–Crippen LogP) is 13.5. The lowest BCUT2D eigenvalue weighted by Gasteiger charge is -2.26. The highest BCUT2D eigenvalue weighted by molar-refractivity contribution is 5.58. The molecule has 4 aromatic carbocycles. The van der Waals surface area contributed by atoms with Gasteiger partial charge in [0.15, 0.2) is 0 Å². The lowest BCUT2D eigenvalue weighted by atomic mass is 9.78. The van der Waals surface area contributed by atoms with Crippen molar-refractivity contribution in [3.8, 4) is 0 Å². The van der Waals surface area contributed by atoms with Crippen LogP contribution in [0.1, 0.15) is 136 Å². The molecule has 10 aliphatic rings. The van der Waals surface area contributed by atoms with Gasteiger partial charge in [-0.3, -0.25) is 0 Å². The minimum atomic E-state index is 0.342. The first-order chi connectivity index (χ1) is 33.9. The van der Waals surface area contributed by atoms with Gasteiger partial charge in [-0.2, -0.15) is 0 Å². The summed E-state index contributed by atoms with van der Waals surface area (Å²) in [6.07, 6.45) is 27.5. The molecular weight excluding hydrogens is 849 g/mol. The average molecular weight is 923 g/mol. The molecule has 0 amide bonds. The zero-order chi connectivity index (χ0) is 47.3. The minimum Gasteiger partial charge on any atom is -0.303 e. The van der Waals surface area contributed by atoms with E-state index in [4.69, 9.17) is 0 Å². The highest BCUT2D eigenvalue weighted by Gasteiger charge is 2.49. The van der Waals surface area contributed by atoms with Gasteiger partial charge in [0.25, 0.3) is 0 Å². The Labute approximate surface area is 411 Å². The van der Waals surface area contributed by atoms with Gasteiger partial charge < -0.3 is 24.0 Å². The molecule has 19 unspecified atom stereocenters. The molecule has 10 bridgehead atoms. The Morgan fingerprint density at radius 2 is 0.667 bits per heavy atom. The molecule has 0 radical (unpaired) electrons. The fraction of sp³-hybridized carbons (Fsp3) is 0.516. The molecule has 5 heteroatoms. The van der Waals surface area contributed by atoms with E-state index >= 15 is 0 Å². The van der Waals surface area contributed by atoms with E-state index in [1.807, 2.05) is 0 Å². The Hall–Kier alpha value is -5.03. The molecule has 4 aromatic rings. The monoisotopic (exact) mass is 923 g/mol. The first kappa shape index (κ1) is 47.6. The molecule has 14 rings (SSSR count). The van der Waals surface area contributed by atoms with Crippen molar-refractivity contribution in [3.63, 3.8) is 0 Å². The third-order valence-electron chi connectivity index (χ3n) is 19.7. The summed E-state index contributed by atoms with van der Waals surface area (Å²) >= 11 is 0. The highest BCUT2D eigenvalue weighted by atomic mass is 16.1. The Morgan fingerprint density at radius 3 is 0.942 bits per heavy atom. The Balaban J connectivity index is 0.000000101. The standard InChI is InChI=1S/4C14H16O.C8H10O/c2*15-9-12-6-10-7-13(14(12)8-10)11-4-2-1-3-5-11;2*15-9-13-7-12-6-11(13)8-14(12)10-4-2-1-3-5-10;9-5-8-4-6-1-2-7(8)3-6/h2*1-5,9-10,12-14H,6-8H2;2*1-5,9,11-14H,6-8H2;1-2,5-8H,3-4H2. The SMILES string of the molecule is O=CC1CC2C=CC1C2.O=CC1CC2CC(c3ccccc3)C1C2.O=CC1CC2CC(c3ccccc3)C1C2.O=CC1CC2CC1CC2c1ccccc1.O=CC1CC2CC1CC2c1ccccc1. The van der Waals surface area contributed by atoms with Gasteiger partial charge in [-0.05, 0) is 195 Å². The molecule has 0 aliphatic heterocycles. The molecule has 0 saturated heterocycles. The number of fused-ring (bicyclic) bond motifs is 10. The first-order valence-corrected chi connectivity index (χ1v) is 27.1. The molecule has 360 valence electrons. The van der Waals surface area contributed by atoms with Crippen LogP contribution in [0.25, 0.3) is 0 Å². The van der Waals surface area contributed by atoms with Gasteiger partial charge in [0.1, 0.15) is 31.4 Å². The molecule has 10 aliphatic carbocycles. The van der Waals surface area contributed by atoms with Crippen molar-refractivity contribution in [1.29, 1.82) is 0 Å². The van der Waals surface area contributed by atoms with Crippen molar-refractivity contribution in [3.05, 3.63) is 156 Å². The Bertz CT molecular complexity index is 2200. The molecule has 0 aromatic heterocycles. The number of carbonyl (C=O) groups is 5. The van der Waals surface area contributed by atoms with E-state index in [1.165, 1.54) is 105 Å². The zero-order valence-electron chi connectivity index (χ0n) is 40.5. The maximum atomic E-state index is 11.0. The first-order valence-electron chi connectivity index (χ1n) is 27.1. The van der Waals surface area contributed by atoms with Crippen molar-refractivity contribution in [1.82, 2.24) is 0 Å². The molecule has 9 fully saturated rings. The molecule has 5 nitrogen and oxygen atoms in total. The van der Waals surface area contributed by atoms with E-state index in [2.05, 4.69) is 133 Å². The molecule has 0 heterocycles. The van der Waals surface area contributed by atoms with Gasteiger partial charge in [-0.15, -0.1) is 0 Å². The second-order valence-corrected chi connectivity index (χ2v) is 23.3. The van der Waals surface area contributed by atoms with E-state index in [1.54, 1.807) is 0 Å². The van der Waals surface area contributed by atoms with Crippen LogP contribution in [-0.4, -0.2) is 31.4 Å². The maximum Gasteiger partial charge on any atom is 0.123 e. The molecule has 19 atom stereocenters. The van der Waals surface area contributed by atoms with Gasteiger partial charge >= 0.3 is 0 Å². The summed E-state index contributed by atoms with van der Waals surface area (Å²) in [7, 11) is 0. The summed E-state index contributed by atoms with van der Waals surface area (Å²) in [5.41, 5.74) is 5.84. The van der Waals surface area contributed by atoms with Gasteiger partial charge in [0.05, 0.1) is 0 Å². The van der Waals surface area contributed by atoms with Crippen LogP contribution < -0.4 is 0 Å². The van der Waals surface area contributed by atoms with E-state index in [-0.39, 0.29) is 0 Å². The van der Waals surface area contributed by atoms with Crippen LogP contribution >= 0.6 is 0 Å². The number of rotatable bonds is 9. The van der Waals surface area contributed by atoms with Gasteiger partial charge in [-0.1, -0.05) is 133 Å². The van der Waals surface area contributed by atoms with Crippen LogP contribution in [0, 0.1) is 88.8 Å². The third kappa shape index (κ3) is 10.4. The van der Waals surface area contributed by atoms with Crippen LogP contribution in [0.4, 0.5) is 0 Å². The number of benzene rings is 4. The van der Waals surface area contributed by atoms with Crippen molar-refractivity contribution in [2.45, 2.75) is 114 Å². The Kier molecular flexibility index (Phi) is 15.2. The predicted molar refractivity (Wildman–Crippen MR) is 273 cm³/mol. The van der Waals surface area contributed by atoms with Crippen molar-refractivity contribution >= 4 is 31.4 Å². The minimum absolute atomic E-state index is 0.342. The number of hydrogen-bond donors (Lipinski definition) is 0. The summed E-state index contributed by atoms with van der Waals surface area (Å²) in [5.74, 6) is 11.7. The van der Waals surface area contributed by atoms with Gasteiger partial charge in [-0.25, -0.2) is 0 Å². The van der Waals surface area contributed by atoms with Crippen LogP contribution in [0.3, 0.4) is 0 Å². The molecule has 0 N–H and O–H groups in total. The summed E-state index contributed by atoms with van der Waals surface area (Å²) in [5, 5.41) is 0. The maximum absolute atomic E-state index is 11.0. The smallest absolute Gasteiger partial charge is 0.123 e.